The number of nitrogens with zero attached hydrogens (tertiary/aromatic N) is 1. The van der Waals surface area contributed by atoms with Gasteiger partial charge in [-0.1, -0.05) is 36.8 Å². The molecule has 0 aromatic heterocycles. The van der Waals surface area contributed by atoms with Gasteiger partial charge in [0.15, 0.2) is 0 Å². The molecule has 0 radical (unpaired) electrons. The van der Waals surface area contributed by atoms with Gasteiger partial charge in [-0.15, -0.1) is 0 Å². The van der Waals surface area contributed by atoms with Crippen LogP contribution < -0.4 is 0 Å². The molecule has 1 heterocycles. The summed E-state index contributed by atoms with van der Waals surface area (Å²) in [7, 11) is 0. The highest BCUT2D eigenvalue weighted by Crippen LogP contribution is 2.24. The molecule has 4 nitrogen and oxygen atoms in total. The molecule has 0 saturated carbocycles. The Labute approximate surface area is 119 Å². The fourth-order valence-electron chi connectivity index (χ4n) is 2.73. The molecule has 108 valence electrons. The number of rotatable bonds is 3. The minimum Gasteiger partial charge on any atom is -0.481 e. The lowest BCUT2D eigenvalue weighted by Gasteiger charge is -2.35. The third-order valence-electron chi connectivity index (χ3n) is 4.05. The fourth-order valence-corrected chi connectivity index (χ4v) is 2.73. The van der Waals surface area contributed by atoms with Gasteiger partial charge in [-0.3, -0.25) is 9.59 Å². The number of aryl methyl sites for hydroxylation is 1. The summed E-state index contributed by atoms with van der Waals surface area (Å²) in [4.78, 5) is 25.1. The minimum absolute atomic E-state index is 0.0169. The Bertz CT molecular complexity index is 495. The molecule has 4 heteroatoms. The highest BCUT2D eigenvalue weighted by atomic mass is 16.4. The number of amides is 1. The van der Waals surface area contributed by atoms with Crippen LogP contribution in [0.1, 0.15) is 24.5 Å². The summed E-state index contributed by atoms with van der Waals surface area (Å²) in [6, 6.07) is 7.95. The Morgan fingerprint density at radius 2 is 1.95 bits per heavy atom. The lowest BCUT2D eigenvalue weighted by molar-refractivity contribution is -0.148. The summed E-state index contributed by atoms with van der Waals surface area (Å²) in [6.07, 6.45) is 0.945. The monoisotopic (exact) mass is 275 g/mol. The van der Waals surface area contributed by atoms with Gasteiger partial charge in [0.05, 0.1) is 12.3 Å². The van der Waals surface area contributed by atoms with Crippen LogP contribution in [0, 0.1) is 18.8 Å². The summed E-state index contributed by atoms with van der Waals surface area (Å²) in [5.41, 5.74) is 2.19. The first-order valence-electron chi connectivity index (χ1n) is 7.03. The maximum atomic E-state index is 12.3. The van der Waals surface area contributed by atoms with E-state index in [-0.39, 0.29) is 17.7 Å². The second-order valence-electron chi connectivity index (χ2n) is 5.71. The van der Waals surface area contributed by atoms with Gasteiger partial charge in [0.2, 0.25) is 5.91 Å². The smallest absolute Gasteiger partial charge is 0.306 e. The second kappa shape index (κ2) is 6.07. The maximum Gasteiger partial charge on any atom is 0.306 e. The van der Waals surface area contributed by atoms with Crippen molar-refractivity contribution in [2.24, 2.45) is 11.8 Å². The number of aliphatic carboxylic acids is 1. The van der Waals surface area contributed by atoms with Crippen LogP contribution in [-0.2, 0) is 16.0 Å². The minimum atomic E-state index is -0.747. The standard InChI is InChI=1S/C16H21NO3/c1-11-3-5-13(6-4-11)9-15(18)17-8-7-14(16(19)20)12(2)10-17/h3-6,12,14H,7-10H2,1-2H3,(H,19,20). The van der Waals surface area contributed by atoms with Crippen LogP contribution in [-0.4, -0.2) is 35.0 Å². The summed E-state index contributed by atoms with van der Waals surface area (Å²) < 4.78 is 0. The predicted octanol–water partition coefficient (Wildman–Crippen LogP) is 2.11. The first kappa shape index (κ1) is 14.6. The van der Waals surface area contributed by atoms with E-state index >= 15 is 0 Å². The molecule has 0 bridgehead atoms. The Morgan fingerprint density at radius 3 is 2.50 bits per heavy atom. The number of carbonyl (C=O) groups excluding carboxylic acids is 1. The molecule has 1 aromatic rings. The highest BCUT2D eigenvalue weighted by molar-refractivity contribution is 5.79. The summed E-state index contributed by atoms with van der Waals surface area (Å²) in [5, 5.41) is 9.09. The van der Waals surface area contributed by atoms with E-state index in [0.717, 1.165) is 5.56 Å². The number of piperidine rings is 1. The van der Waals surface area contributed by atoms with E-state index in [4.69, 9.17) is 5.11 Å². The van der Waals surface area contributed by atoms with Gasteiger partial charge in [0.1, 0.15) is 0 Å². The van der Waals surface area contributed by atoms with Crippen LogP contribution >= 0.6 is 0 Å². The third kappa shape index (κ3) is 3.38. The van der Waals surface area contributed by atoms with Gasteiger partial charge in [-0.2, -0.15) is 0 Å². The normalized spacial score (nSPS) is 22.6. The first-order valence-corrected chi connectivity index (χ1v) is 7.03. The van der Waals surface area contributed by atoms with Gasteiger partial charge in [-0.25, -0.2) is 0 Å². The number of hydrogen-bond acceptors (Lipinski definition) is 2. The van der Waals surface area contributed by atoms with E-state index in [1.165, 1.54) is 5.56 Å². The summed E-state index contributed by atoms with van der Waals surface area (Å²) in [6.45, 7) is 5.02. The second-order valence-corrected chi connectivity index (χ2v) is 5.71. The van der Waals surface area contributed by atoms with Crippen LogP contribution in [0.5, 0.6) is 0 Å². The Kier molecular flexibility index (Phi) is 4.42. The molecule has 1 aliphatic heterocycles. The average molecular weight is 275 g/mol. The van der Waals surface area contributed by atoms with Crippen LogP contribution in [0.25, 0.3) is 0 Å². The van der Waals surface area contributed by atoms with Crippen molar-refractivity contribution in [3.05, 3.63) is 35.4 Å². The van der Waals surface area contributed by atoms with Crippen molar-refractivity contribution < 1.29 is 14.7 Å². The van der Waals surface area contributed by atoms with Crippen molar-refractivity contribution in [3.63, 3.8) is 0 Å². The molecule has 20 heavy (non-hydrogen) atoms. The van der Waals surface area contributed by atoms with E-state index in [1.807, 2.05) is 38.1 Å². The first-order chi connectivity index (χ1) is 9.47. The van der Waals surface area contributed by atoms with E-state index < -0.39 is 5.97 Å². The van der Waals surface area contributed by atoms with Crippen molar-refractivity contribution in [2.45, 2.75) is 26.7 Å². The van der Waals surface area contributed by atoms with Crippen molar-refractivity contribution >= 4 is 11.9 Å². The fraction of sp³-hybridized carbons (Fsp3) is 0.500. The quantitative estimate of drug-likeness (QED) is 0.919. The van der Waals surface area contributed by atoms with Crippen molar-refractivity contribution in [3.8, 4) is 0 Å². The highest BCUT2D eigenvalue weighted by Gasteiger charge is 2.32. The van der Waals surface area contributed by atoms with Gasteiger partial charge in [0.25, 0.3) is 0 Å². The molecule has 1 N–H and O–H groups in total. The largest absolute Gasteiger partial charge is 0.481 e. The molecule has 1 fully saturated rings. The Balaban J connectivity index is 1.94. The number of hydrogen-bond donors (Lipinski definition) is 1. The molecule has 1 amide bonds. The van der Waals surface area contributed by atoms with E-state index in [1.54, 1.807) is 4.90 Å². The van der Waals surface area contributed by atoms with E-state index in [9.17, 15) is 9.59 Å². The molecular weight excluding hydrogens is 254 g/mol. The predicted molar refractivity (Wildman–Crippen MR) is 76.4 cm³/mol. The number of likely N-dealkylation sites (tertiary alicyclic amines) is 1. The van der Waals surface area contributed by atoms with Crippen molar-refractivity contribution in [2.75, 3.05) is 13.1 Å². The van der Waals surface area contributed by atoms with Gasteiger partial charge in [-0.05, 0) is 24.8 Å². The zero-order chi connectivity index (χ0) is 14.7. The molecule has 2 unspecified atom stereocenters. The zero-order valence-electron chi connectivity index (χ0n) is 12.0. The molecule has 2 rings (SSSR count). The number of carboxylic acid groups (broad SMARTS) is 1. The van der Waals surface area contributed by atoms with Crippen molar-refractivity contribution in [1.82, 2.24) is 4.90 Å². The average Bonchev–Trinajstić information content (AvgIpc) is 2.40. The summed E-state index contributed by atoms with van der Waals surface area (Å²) >= 11 is 0. The Hall–Kier alpha value is -1.84. The number of carboxylic acids is 1. The number of benzene rings is 1. The van der Waals surface area contributed by atoms with Crippen LogP contribution in [0.3, 0.4) is 0 Å². The molecule has 0 spiro atoms. The summed E-state index contributed by atoms with van der Waals surface area (Å²) in [5.74, 6) is -0.964. The van der Waals surface area contributed by atoms with Crippen LogP contribution in [0.15, 0.2) is 24.3 Å². The Morgan fingerprint density at radius 1 is 1.30 bits per heavy atom. The van der Waals surface area contributed by atoms with Gasteiger partial charge in [0, 0.05) is 13.1 Å². The molecule has 0 aliphatic carbocycles. The third-order valence-corrected chi connectivity index (χ3v) is 4.05. The number of carbonyl (C=O) groups is 2. The topological polar surface area (TPSA) is 57.6 Å². The lowest BCUT2D eigenvalue weighted by atomic mass is 9.87. The molecule has 1 aromatic carbocycles. The molecular formula is C16H21NO3. The van der Waals surface area contributed by atoms with Gasteiger partial charge < -0.3 is 10.0 Å². The maximum absolute atomic E-state index is 12.3. The zero-order valence-corrected chi connectivity index (χ0v) is 12.0. The van der Waals surface area contributed by atoms with E-state index in [0.29, 0.717) is 25.9 Å². The van der Waals surface area contributed by atoms with Crippen LogP contribution in [0.4, 0.5) is 0 Å². The van der Waals surface area contributed by atoms with Gasteiger partial charge >= 0.3 is 5.97 Å². The SMILES string of the molecule is Cc1ccc(CC(=O)N2CCC(C(=O)O)C(C)C2)cc1. The molecule has 2 atom stereocenters. The molecule has 1 saturated heterocycles. The van der Waals surface area contributed by atoms with Crippen LogP contribution in [0.2, 0.25) is 0 Å². The van der Waals surface area contributed by atoms with Crippen molar-refractivity contribution in [1.29, 1.82) is 0 Å². The van der Waals surface area contributed by atoms with E-state index in [2.05, 4.69) is 0 Å². The molecule has 1 aliphatic rings. The lowest BCUT2D eigenvalue weighted by Crippen LogP contribution is -2.45.